The first-order valence-corrected chi connectivity index (χ1v) is 6.76. The normalized spacial score (nSPS) is 12.4. The summed E-state index contributed by atoms with van der Waals surface area (Å²) in [4.78, 5) is 11.5. The Morgan fingerprint density at radius 3 is 2.05 bits per heavy atom. The molecule has 1 aromatic rings. The second kappa shape index (κ2) is 5.36. The molecule has 0 N–H and O–H groups in total. The monoisotopic (exact) mass is 262 g/mol. The molecule has 0 fully saturated rings. The largest absolute Gasteiger partial charge is 0.469 e. The summed E-state index contributed by atoms with van der Waals surface area (Å²) in [5.74, 6) is -0.186. The van der Waals surface area contributed by atoms with E-state index in [1.807, 2.05) is 0 Å². The number of esters is 1. The zero-order valence-electron chi connectivity index (χ0n) is 13.3. The molecule has 0 heterocycles. The second-order valence-corrected chi connectivity index (χ2v) is 7.12. The lowest BCUT2D eigenvalue weighted by Crippen LogP contribution is -2.20. The molecule has 0 atom stereocenters. The molecular weight excluding hydrogens is 236 g/mol. The first kappa shape index (κ1) is 15.7. The Morgan fingerprint density at radius 1 is 1.05 bits per heavy atom. The van der Waals surface area contributed by atoms with Crippen LogP contribution in [0.15, 0.2) is 18.2 Å². The fourth-order valence-corrected chi connectivity index (χ4v) is 2.12. The first-order chi connectivity index (χ1) is 8.55. The number of carbonyl (C=O) groups excluding carboxylic acids is 1. The Morgan fingerprint density at radius 2 is 1.63 bits per heavy atom. The first-order valence-electron chi connectivity index (χ1n) is 6.76. The summed E-state index contributed by atoms with van der Waals surface area (Å²) >= 11 is 0. The minimum absolute atomic E-state index is 0.0185. The molecule has 0 saturated carbocycles. The van der Waals surface area contributed by atoms with E-state index >= 15 is 0 Å². The highest BCUT2D eigenvalue weighted by Gasteiger charge is 2.23. The predicted molar refractivity (Wildman–Crippen MR) is 79.6 cm³/mol. The topological polar surface area (TPSA) is 26.3 Å². The number of rotatable bonds is 2. The predicted octanol–water partition coefficient (Wildman–Crippen LogP) is 4.00. The van der Waals surface area contributed by atoms with Crippen LogP contribution in [0.25, 0.3) is 0 Å². The van der Waals surface area contributed by atoms with E-state index in [4.69, 9.17) is 4.74 Å². The maximum Gasteiger partial charge on any atom is 0.309 e. The zero-order chi connectivity index (χ0) is 14.8. The molecule has 0 amide bonds. The Balaban J connectivity index is 3.29. The van der Waals surface area contributed by atoms with Crippen molar-refractivity contribution >= 4 is 5.97 Å². The molecule has 1 aromatic carbocycles. The van der Waals surface area contributed by atoms with E-state index in [-0.39, 0.29) is 16.8 Å². The molecule has 2 nitrogen and oxygen atoms in total. The van der Waals surface area contributed by atoms with E-state index in [1.165, 1.54) is 18.2 Å². The van der Waals surface area contributed by atoms with Crippen LogP contribution in [0.1, 0.15) is 58.2 Å². The van der Waals surface area contributed by atoms with Crippen molar-refractivity contribution in [2.24, 2.45) is 0 Å². The summed E-state index contributed by atoms with van der Waals surface area (Å²) in [7, 11) is 1.43. The second-order valence-electron chi connectivity index (χ2n) is 7.12. The van der Waals surface area contributed by atoms with Crippen molar-refractivity contribution in [3.05, 3.63) is 34.9 Å². The van der Waals surface area contributed by atoms with Crippen LogP contribution in [0, 0.1) is 0 Å². The van der Waals surface area contributed by atoms with Gasteiger partial charge in [-0.15, -0.1) is 0 Å². The molecule has 0 radical (unpaired) electrons. The van der Waals surface area contributed by atoms with E-state index < -0.39 is 0 Å². The zero-order valence-corrected chi connectivity index (χ0v) is 13.3. The van der Waals surface area contributed by atoms with Gasteiger partial charge in [-0.3, -0.25) is 4.79 Å². The molecule has 2 heteroatoms. The van der Waals surface area contributed by atoms with Crippen LogP contribution in [-0.2, 0) is 26.8 Å². The smallest absolute Gasteiger partial charge is 0.309 e. The number of hydrogen-bond acceptors (Lipinski definition) is 2. The molecule has 0 aliphatic rings. The van der Waals surface area contributed by atoms with Gasteiger partial charge >= 0.3 is 5.97 Å². The van der Waals surface area contributed by atoms with E-state index in [2.05, 4.69) is 59.7 Å². The molecule has 0 spiro atoms. The van der Waals surface area contributed by atoms with Gasteiger partial charge in [0.2, 0.25) is 0 Å². The van der Waals surface area contributed by atoms with Crippen LogP contribution in [0.5, 0.6) is 0 Å². The average molecular weight is 262 g/mol. The molecule has 19 heavy (non-hydrogen) atoms. The molecule has 0 saturated heterocycles. The fourth-order valence-electron chi connectivity index (χ4n) is 2.12. The van der Waals surface area contributed by atoms with Crippen molar-refractivity contribution < 1.29 is 9.53 Å². The fraction of sp³-hybridized carbons (Fsp3) is 0.588. The van der Waals surface area contributed by atoms with Gasteiger partial charge in [-0.05, 0) is 27.5 Å². The number of hydrogen-bond donors (Lipinski definition) is 0. The van der Waals surface area contributed by atoms with Crippen LogP contribution < -0.4 is 0 Å². The lowest BCUT2D eigenvalue weighted by Gasteiger charge is -2.27. The van der Waals surface area contributed by atoms with E-state index in [0.29, 0.717) is 6.42 Å². The minimum atomic E-state index is -0.186. The standard InChI is InChI=1S/C17H26O2/c1-16(2,3)13-9-8-12(10-15(18)19-7)14(11-13)17(4,5)6/h8-9,11H,10H2,1-7H3. The van der Waals surface area contributed by atoms with Crippen molar-refractivity contribution in [1.29, 1.82) is 0 Å². The molecule has 0 bridgehead atoms. The average Bonchev–Trinajstić information content (AvgIpc) is 2.26. The van der Waals surface area contributed by atoms with Crippen LogP contribution >= 0.6 is 0 Å². The van der Waals surface area contributed by atoms with Gasteiger partial charge < -0.3 is 4.74 Å². The van der Waals surface area contributed by atoms with Gasteiger partial charge in [-0.2, -0.15) is 0 Å². The summed E-state index contributed by atoms with van der Waals surface area (Å²) < 4.78 is 4.78. The van der Waals surface area contributed by atoms with Gasteiger partial charge in [0.05, 0.1) is 13.5 Å². The summed E-state index contributed by atoms with van der Waals surface area (Å²) in [5, 5.41) is 0. The molecular formula is C17H26O2. The Kier molecular flexibility index (Phi) is 4.44. The lowest BCUT2D eigenvalue weighted by atomic mass is 9.78. The SMILES string of the molecule is COC(=O)Cc1ccc(C(C)(C)C)cc1C(C)(C)C. The van der Waals surface area contributed by atoms with Gasteiger partial charge in [0.25, 0.3) is 0 Å². The van der Waals surface area contributed by atoms with Crippen LogP contribution in [0.3, 0.4) is 0 Å². The van der Waals surface area contributed by atoms with Gasteiger partial charge in [-0.25, -0.2) is 0 Å². The number of benzene rings is 1. The molecule has 1 rings (SSSR count). The Labute approximate surface area is 117 Å². The lowest BCUT2D eigenvalue weighted by molar-refractivity contribution is -0.139. The highest BCUT2D eigenvalue weighted by Crippen LogP contribution is 2.31. The van der Waals surface area contributed by atoms with Crippen molar-refractivity contribution in [2.75, 3.05) is 7.11 Å². The van der Waals surface area contributed by atoms with Crippen LogP contribution in [-0.4, -0.2) is 13.1 Å². The number of ether oxygens (including phenoxy) is 1. The number of methoxy groups -OCH3 is 1. The van der Waals surface area contributed by atoms with Crippen molar-refractivity contribution in [1.82, 2.24) is 0 Å². The highest BCUT2D eigenvalue weighted by molar-refractivity contribution is 5.73. The minimum Gasteiger partial charge on any atom is -0.469 e. The molecule has 106 valence electrons. The van der Waals surface area contributed by atoms with Gasteiger partial charge in [0.15, 0.2) is 0 Å². The van der Waals surface area contributed by atoms with Crippen LogP contribution in [0.4, 0.5) is 0 Å². The summed E-state index contributed by atoms with van der Waals surface area (Å²) in [5.41, 5.74) is 3.72. The highest BCUT2D eigenvalue weighted by atomic mass is 16.5. The van der Waals surface area contributed by atoms with Crippen LogP contribution in [0.2, 0.25) is 0 Å². The maximum absolute atomic E-state index is 11.5. The maximum atomic E-state index is 11.5. The summed E-state index contributed by atoms with van der Waals surface area (Å²) in [6.07, 6.45) is 0.341. The Bertz CT molecular complexity index is 459. The van der Waals surface area contributed by atoms with E-state index in [9.17, 15) is 4.79 Å². The molecule has 0 aliphatic carbocycles. The van der Waals surface area contributed by atoms with Gasteiger partial charge in [0, 0.05) is 0 Å². The van der Waals surface area contributed by atoms with Crippen molar-refractivity contribution in [2.45, 2.75) is 58.8 Å². The third-order valence-electron chi connectivity index (χ3n) is 3.35. The van der Waals surface area contributed by atoms with Gasteiger partial charge in [0.1, 0.15) is 0 Å². The van der Waals surface area contributed by atoms with Crippen molar-refractivity contribution in [3.8, 4) is 0 Å². The third-order valence-corrected chi connectivity index (χ3v) is 3.35. The third kappa shape index (κ3) is 4.09. The molecule has 0 aliphatic heterocycles. The quantitative estimate of drug-likeness (QED) is 0.753. The van der Waals surface area contributed by atoms with E-state index in [1.54, 1.807) is 0 Å². The summed E-state index contributed by atoms with van der Waals surface area (Å²) in [6.45, 7) is 13.1. The Hall–Kier alpha value is -1.31. The van der Waals surface area contributed by atoms with Gasteiger partial charge in [-0.1, -0.05) is 59.7 Å². The molecule has 0 unspecified atom stereocenters. The number of carbonyl (C=O) groups is 1. The van der Waals surface area contributed by atoms with Crippen molar-refractivity contribution in [3.63, 3.8) is 0 Å². The van der Waals surface area contributed by atoms with E-state index in [0.717, 1.165) is 5.56 Å². The summed E-state index contributed by atoms with van der Waals surface area (Å²) in [6, 6.07) is 6.42. The molecule has 0 aromatic heterocycles.